The molecule has 3 rings (SSSR count). The number of para-hydroxylation sites is 2. The second-order valence-corrected chi connectivity index (χ2v) is 8.26. The van der Waals surface area contributed by atoms with Crippen LogP contribution in [0, 0.1) is 0 Å². The molecule has 1 aromatic carbocycles. The summed E-state index contributed by atoms with van der Waals surface area (Å²) in [5.41, 5.74) is 0.737. The molecule has 0 unspecified atom stereocenters. The average molecular weight is 424 g/mol. The molecule has 0 bridgehead atoms. The minimum atomic E-state index is -0.0165. The van der Waals surface area contributed by atoms with Gasteiger partial charge in [-0.1, -0.05) is 35.5 Å². The summed E-state index contributed by atoms with van der Waals surface area (Å²) in [6.45, 7) is 2.98. The van der Waals surface area contributed by atoms with Crippen LogP contribution in [0.5, 0.6) is 5.75 Å². The maximum Gasteiger partial charge on any atom is 0.233 e. The summed E-state index contributed by atoms with van der Waals surface area (Å²) >= 11 is 8.69. The first-order valence-corrected chi connectivity index (χ1v) is 10.4. The number of carbonyl (C=O) groups is 1. The van der Waals surface area contributed by atoms with E-state index in [1.165, 1.54) is 23.1 Å². The van der Waals surface area contributed by atoms with Crippen LogP contribution in [-0.4, -0.2) is 50.4 Å². The molecule has 7 nitrogen and oxygen atoms in total. The fourth-order valence-corrected chi connectivity index (χ4v) is 4.29. The normalized spacial score (nSPS) is 10.8. The van der Waals surface area contributed by atoms with Crippen molar-refractivity contribution in [3.8, 4) is 11.4 Å². The Morgan fingerprint density at radius 2 is 2.15 bits per heavy atom. The molecule has 142 valence electrons. The summed E-state index contributed by atoms with van der Waals surface area (Å²) in [5, 5.41) is 12.3. The van der Waals surface area contributed by atoms with Gasteiger partial charge >= 0.3 is 0 Å². The van der Waals surface area contributed by atoms with E-state index in [1.807, 2.05) is 43.3 Å². The Kier molecular flexibility index (Phi) is 6.70. The Morgan fingerprint density at radius 3 is 2.89 bits per heavy atom. The highest BCUT2D eigenvalue weighted by Gasteiger charge is 2.17. The number of rotatable bonds is 8. The SMILES string of the molecule is CCOc1ccccc1-n1nnnc1SCC(=O)N(C)Cc1ccc(Cl)s1. The Hall–Kier alpha value is -2.10. The molecule has 0 fully saturated rings. The lowest BCUT2D eigenvalue weighted by Crippen LogP contribution is -2.27. The van der Waals surface area contributed by atoms with Gasteiger partial charge in [-0.05, 0) is 41.6 Å². The molecule has 0 N–H and O–H groups in total. The van der Waals surface area contributed by atoms with Crippen molar-refractivity contribution in [2.45, 2.75) is 18.6 Å². The van der Waals surface area contributed by atoms with Crippen LogP contribution in [0.2, 0.25) is 4.34 Å². The van der Waals surface area contributed by atoms with Crippen molar-refractivity contribution < 1.29 is 9.53 Å². The van der Waals surface area contributed by atoms with Gasteiger partial charge in [0.15, 0.2) is 0 Å². The van der Waals surface area contributed by atoms with Crippen LogP contribution in [0.15, 0.2) is 41.6 Å². The second kappa shape index (κ2) is 9.20. The Morgan fingerprint density at radius 1 is 1.33 bits per heavy atom. The third kappa shape index (κ3) is 5.00. The highest BCUT2D eigenvalue weighted by atomic mass is 35.5. The molecule has 0 spiro atoms. The van der Waals surface area contributed by atoms with E-state index >= 15 is 0 Å². The summed E-state index contributed by atoms with van der Waals surface area (Å²) in [6.07, 6.45) is 0. The number of ether oxygens (including phenoxy) is 1. The molecule has 0 aliphatic carbocycles. The van der Waals surface area contributed by atoms with E-state index in [-0.39, 0.29) is 11.7 Å². The van der Waals surface area contributed by atoms with Gasteiger partial charge in [0.2, 0.25) is 11.1 Å². The molecular formula is C17H18ClN5O2S2. The van der Waals surface area contributed by atoms with Gasteiger partial charge < -0.3 is 9.64 Å². The minimum absolute atomic E-state index is 0.0165. The molecule has 2 aromatic heterocycles. The Bertz CT molecular complexity index is 914. The molecule has 0 radical (unpaired) electrons. The molecular weight excluding hydrogens is 406 g/mol. The fraction of sp³-hybridized carbons (Fsp3) is 0.294. The molecule has 3 aromatic rings. The van der Waals surface area contributed by atoms with Gasteiger partial charge in [-0.3, -0.25) is 4.79 Å². The van der Waals surface area contributed by atoms with Gasteiger partial charge in [0, 0.05) is 11.9 Å². The van der Waals surface area contributed by atoms with Crippen LogP contribution >= 0.6 is 34.7 Å². The largest absolute Gasteiger partial charge is 0.492 e. The minimum Gasteiger partial charge on any atom is -0.492 e. The third-order valence-electron chi connectivity index (χ3n) is 3.61. The zero-order valence-corrected chi connectivity index (χ0v) is 17.2. The van der Waals surface area contributed by atoms with E-state index in [4.69, 9.17) is 16.3 Å². The maximum atomic E-state index is 12.4. The summed E-state index contributed by atoms with van der Waals surface area (Å²) < 4.78 is 7.94. The van der Waals surface area contributed by atoms with E-state index in [1.54, 1.807) is 16.6 Å². The number of amides is 1. The average Bonchev–Trinajstić information content (AvgIpc) is 3.29. The molecule has 0 saturated carbocycles. The number of carbonyl (C=O) groups excluding carboxylic acids is 1. The first kappa shape index (κ1) is 19.7. The van der Waals surface area contributed by atoms with Gasteiger partial charge in [0.05, 0.1) is 23.2 Å². The Labute approximate surface area is 170 Å². The van der Waals surface area contributed by atoms with Gasteiger partial charge in [0.25, 0.3) is 0 Å². The quantitative estimate of drug-likeness (QED) is 0.516. The highest BCUT2D eigenvalue weighted by Crippen LogP contribution is 2.26. The zero-order valence-electron chi connectivity index (χ0n) is 14.8. The Balaban J connectivity index is 1.66. The van der Waals surface area contributed by atoms with Gasteiger partial charge in [-0.2, -0.15) is 4.68 Å². The summed E-state index contributed by atoms with van der Waals surface area (Å²) in [5.74, 6) is 0.900. The summed E-state index contributed by atoms with van der Waals surface area (Å²) in [6, 6.07) is 11.3. The maximum absolute atomic E-state index is 12.4. The number of thioether (sulfide) groups is 1. The molecule has 27 heavy (non-hydrogen) atoms. The molecule has 0 saturated heterocycles. The predicted molar refractivity (Wildman–Crippen MR) is 107 cm³/mol. The van der Waals surface area contributed by atoms with Crippen molar-refractivity contribution in [3.63, 3.8) is 0 Å². The monoisotopic (exact) mass is 423 g/mol. The predicted octanol–water partition coefficient (Wildman–Crippen LogP) is 3.53. The number of benzene rings is 1. The van der Waals surface area contributed by atoms with Crippen molar-refractivity contribution in [1.82, 2.24) is 25.1 Å². The van der Waals surface area contributed by atoms with Crippen molar-refractivity contribution in [2.75, 3.05) is 19.4 Å². The number of nitrogens with zero attached hydrogens (tertiary/aromatic N) is 5. The van der Waals surface area contributed by atoms with Crippen molar-refractivity contribution in [3.05, 3.63) is 45.6 Å². The zero-order chi connectivity index (χ0) is 19.2. The van der Waals surface area contributed by atoms with E-state index in [0.29, 0.717) is 28.4 Å². The van der Waals surface area contributed by atoms with Crippen molar-refractivity contribution in [2.24, 2.45) is 0 Å². The first-order valence-electron chi connectivity index (χ1n) is 8.20. The number of hydrogen-bond donors (Lipinski definition) is 0. The van der Waals surface area contributed by atoms with Gasteiger partial charge in [-0.15, -0.1) is 16.4 Å². The van der Waals surface area contributed by atoms with E-state index in [9.17, 15) is 4.79 Å². The van der Waals surface area contributed by atoms with E-state index < -0.39 is 0 Å². The van der Waals surface area contributed by atoms with Gasteiger partial charge in [0.1, 0.15) is 11.4 Å². The molecule has 2 heterocycles. The van der Waals surface area contributed by atoms with Crippen molar-refractivity contribution >= 4 is 40.6 Å². The van der Waals surface area contributed by atoms with Crippen LogP contribution in [0.4, 0.5) is 0 Å². The van der Waals surface area contributed by atoms with Crippen LogP contribution in [-0.2, 0) is 11.3 Å². The summed E-state index contributed by atoms with van der Waals surface area (Å²) in [7, 11) is 1.77. The molecule has 0 aliphatic rings. The molecule has 0 aliphatic heterocycles. The smallest absolute Gasteiger partial charge is 0.233 e. The number of tetrazole rings is 1. The van der Waals surface area contributed by atoms with E-state index in [2.05, 4.69) is 15.5 Å². The van der Waals surface area contributed by atoms with Crippen LogP contribution < -0.4 is 4.74 Å². The lowest BCUT2D eigenvalue weighted by molar-refractivity contribution is -0.127. The van der Waals surface area contributed by atoms with Crippen LogP contribution in [0.25, 0.3) is 5.69 Å². The first-order chi connectivity index (χ1) is 13.1. The lowest BCUT2D eigenvalue weighted by atomic mass is 10.3. The number of halogens is 1. The molecule has 1 amide bonds. The van der Waals surface area contributed by atoms with Crippen LogP contribution in [0.1, 0.15) is 11.8 Å². The number of thiophene rings is 1. The van der Waals surface area contributed by atoms with E-state index in [0.717, 1.165) is 10.6 Å². The third-order valence-corrected chi connectivity index (χ3v) is 5.73. The second-order valence-electron chi connectivity index (χ2n) is 5.52. The molecule has 0 atom stereocenters. The number of aromatic nitrogens is 4. The van der Waals surface area contributed by atoms with Crippen LogP contribution in [0.3, 0.4) is 0 Å². The van der Waals surface area contributed by atoms with Crippen molar-refractivity contribution in [1.29, 1.82) is 0 Å². The standard InChI is InChI=1S/C17H18ClN5O2S2/c1-3-25-14-7-5-4-6-13(14)23-17(19-20-21-23)26-11-16(24)22(2)10-12-8-9-15(18)27-12/h4-9H,3,10-11H2,1-2H3. The highest BCUT2D eigenvalue weighted by molar-refractivity contribution is 7.99. The fourth-order valence-electron chi connectivity index (χ4n) is 2.32. The lowest BCUT2D eigenvalue weighted by Gasteiger charge is -2.16. The van der Waals surface area contributed by atoms with Gasteiger partial charge in [-0.25, -0.2) is 0 Å². The summed E-state index contributed by atoms with van der Waals surface area (Å²) in [4.78, 5) is 15.1. The number of hydrogen-bond acceptors (Lipinski definition) is 7. The topological polar surface area (TPSA) is 73.1 Å². The molecule has 10 heteroatoms.